The second-order valence-corrected chi connectivity index (χ2v) is 3.96. The summed E-state index contributed by atoms with van der Waals surface area (Å²) in [5.74, 6) is 0.382. The van der Waals surface area contributed by atoms with Gasteiger partial charge >= 0.3 is 0 Å². The van der Waals surface area contributed by atoms with Crippen LogP contribution in [0.15, 0.2) is 18.3 Å². The highest BCUT2D eigenvalue weighted by atomic mass is 16.5. The van der Waals surface area contributed by atoms with E-state index >= 15 is 0 Å². The van der Waals surface area contributed by atoms with Gasteiger partial charge in [-0.1, -0.05) is 0 Å². The minimum atomic E-state index is -0.0102. The molecule has 92 valence electrons. The van der Waals surface area contributed by atoms with E-state index in [-0.39, 0.29) is 11.9 Å². The number of nitrogens with zero attached hydrogens (tertiary/aromatic N) is 2. The van der Waals surface area contributed by atoms with E-state index in [2.05, 4.69) is 10.3 Å². The number of likely N-dealkylation sites (N-methyl/N-ethyl adjacent to an activating group) is 1. The van der Waals surface area contributed by atoms with Gasteiger partial charge in [-0.05, 0) is 19.1 Å². The summed E-state index contributed by atoms with van der Waals surface area (Å²) in [6, 6.07) is 3.79. The molecule has 1 saturated heterocycles. The fourth-order valence-electron chi connectivity index (χ4n) is 1.93. The Morgan fingerprint density at radius 3 is 2.94 bits per heavy atom. The van der Waals surface area contributed by atoms with Crippen molar-refractivity contribution in [1.82, 2.24) is 15.2 Å². The third kappa shape index (κ3) is 2.24. The molecule has 1 N–H and O–H groups in total. The van der Waals surface area contributed by atoms with Gasteiger partial charge < -0.3 is 15.0 Å². The summed E-state index contributed by atoms with van der Waals surface area (Å²) in [7, 11) is 1.53. The summed E-state index contributed by atoms with van der Waals surface area (Å²) in [4.78, 5) is 18.3. The van der Waals surface area contributed by atoms with Crippen molar-refractivity contribution in [3.8, 4) is 5.88 Å². The molecule has 0 aliphatic carbocycles. The number of hydrogen-bond acceptors (Lipinski definition) is 4. The van der Waals surface area contributed by atoms with Crippen molar-refractivity contribution in [2.75, 3.05) is 26.7 Å². The van der Waals surface area contributed by atoms with E-state index in [9.17, 15) is 4.79 Å². The Bertz CT molecular complexity index is 404. The van der Waals surface area contributed by atoms with Gasteiger partial charge in [-0.3, -0.25) is 4.79 Å². The number of pyridine rings is 1. The SMILES string of the molecule is CCN(C(=O)c1cccnc1OC)C1CNC1. The van der Waals surface area contributed by atoms with Crippen molar-refractivity contribution in [3.63, 3.8) is 0 Å². The van der Waals surface area contributed by atoms with Crippen molar-refractivity contribution in [3.05, 3.63) is 23.9 Å². The molecule has 5 nitrogen and oxygen atoms in total. The van der Waals surface area contributed by atoms with Gasteiger partial charge in [0.05, 0.1) is 13.2 Å². The van der Waals surface area contributed by atoms with Crippen LogP contribution in [0.3, 0.4) is 0 Å². The molecule has 0 atom stereocenters. The van der Waals surface area contributed by atoms with Crippen LogP contribution in [-0.2, 0) is 0 Å². The minimum Gasteiger partial charge on any atom is -0.480 e. The average molecular weight is 235 g/mol. The van der Waals surface area contributed by atoms with Gasteiger partial charge in [0, 0.05) is 25.8 Å². The molecule has 1 aliphatic rings. The van der Waals surface area contributed by atoms with E-state index in [1.165, 1.54) is 7.11 Å². The molecule has 5 heteroatoms. The maximum Gasteiger partial charge on any atom is 0.259 e. The van der Waals surface area contributed by atoms with Gasteiger partial charge in [0.15, 0.2) is 0 Å². The molecule has 1 aliphatic heterocycles. The zero-order chi connectivity index (χ0) is 12.3. The Hall–Kier alpha value is -1.62. The molecule has 17 heavy (non-hydrogen) atoms. The van der Waals surface area contributed by atoms with E-state index in [0.29, 0.717) is 18.0 Å². The second-order valence-electron chi connectivity index (χ2n) is 3.96. The summed E-state index contributed by atoms with van der Waals surface area (Å²) in [6.07, 6.45) is 1.62. The summed E-state index contributed by atoms with van der Waals surface area (Å²) >= 11 is 0. The lowest BCUT2D eigenvalue weighted by Crippen LogP contribution is -2.58. The number of ether oxygens (including phenoxy) is 1. The summed E-state index contributed by atoms with van der Waals surface area (Å²) in [6.45, 7) is 4.41. The van der Waals surface area contributed by atoms with Crippen molar-refractivity contribution in [2.45, 2.75) is 13.0 Å². The lowest BCUT2D eigenvalue weighted by molar-refractivity contribution is 0.0626. The van der Waals surface area contributed by atoms with Crippen LogP contribution in [-0.4, -0.2) is 48.6 Å². The van der Waals surface area contributed by atoms with Crippen LogP contribution in [0.2, 0.25) is 0 Å². The lowest BCUT2D eigenvalue weighted by Gasteiger charge is -2.37. The maximum absolute atomic E-state index is 12.4. The quantitative estimate of drug-likeness (QED) is 0.827. The number of aromatic nitrogens is 1. The molecule has 1 aromatic rings. The van der Waals surface area contributed by atoms with E-state index < -0.39 is 0 Å². The number of nitrogens with one attached hydrogen (secondary N) is 1. The minimum absolute atomic E-state index is 0.0102. The molecule has 0 spiro atoms. The maximum atomic E-state index is 12.4. The smallest absolute Gasteiger partial charge is 0.259 e. The van der Waals surface area contributed by atoms with E-state index in [4.69, 9.17) is 4.74 Å². The first-order chi connectivity index (χ1) is 8.27. The van der Waals surface area contributed by atoms with Crippen molar-refractivity contribution in [2.24, 2.45) is 0 Å². The van der Waals surface area contributed by atoms with E-state index in [1.54, 1.807) is 18.3 Å². The Balaban J connectivity index is 2.22. The summed E-state index contributed by atoms with van der Waals surface area (Å²) in [5.41, 5.74) is 0.531. The summed E-state index contributed by atoms with van der Waals surface area (Å²) < 4.78 is 5.12. The van der Waals surface area contributed by atoms with Gasteiger partial charge in [-0.2, -0.15) is 0 Å². The molecular weight excluding hydrogens is 218 g/mol. The van der Waals surface area contributed by atoms with E-state index in [1.807, 2.05) is 11.8 Å². The number of rotatable bonds is 4. The molecule has 0 unspecified atom stereocenters. The zero-order valence-electron chi connectivity index (χ0n) is 10.1. The van der Waals surface area contributed by atoms with Crippen molar-refractivity contribution < 1.29 is 9.53 Å². The van der Waals surface area contributed by atoms with Crippen LogP contribution in [0.1, 0.15) is 17.3 Å². The Morgan fingerprint density at radius 1 is 1.65 bits per heavy atom. The predicted octanol–water partition coefficient (Wildman–Crippen LogP) is 0.524. The van der Waals surface area contributed by atoms with E-state index in [0.717, 1.165) is 13.1 Å². The average Bonchev–Trinajstić information content (AvgIpc) is 2.32. The first-order valence-electron chi connectivity index (χ1n) is 5.78. The highest BCUT2D eigenvalue weighted by Crippen LogP contribution is 2.18. The molecule has 0 saturated carbocycles. The molecule has 0 aromatic carbocycles. The summed E-state index contributed by atoms with van der Waals surface area (Å²) in [5, 5.41) is 3.17. The van der Waals surface area contributed by atoms with Gasteiger partial charge in [0.2, 0.25) is 5.88 Å². The zero-order valence-corrected chi connectivity index (χ0v) is 10.1. The normalized spacial score (nSPS) is 15.2. The molecule has 0 radical (unpaired) electrons. The van der Waals surface area contributed by atoms with Gasteiger partial charge in [-0.25, -0.2) is 4.98 Å². The fourth-order valence-corrected chi connectivity index (χ4v) is 1.93. The number of amides is 1. The lowest BCUT2D eigenvalue weighted by atomic mass is 10.1. The van der Waals surface area contributed by atoms with Crippen molar-refractivity contribution in [1.29, 1.82) is 0 Å². The molecular formula is C12H17N3O2. The fraction of sp³-hybridized carbons (Fsp3) is 0.500. The van der Waals surface area contributed by atoms with Crippen LogP contribution in [0.4, 0.5) is 0 Å². The van der Waals surface area contributed by atoms with Crippen LogP contribution in [0.25, 0.3) is 0 Å². The molecule has 2 heterocycles. The molecule has 1 aromatic heterocycles. The Labute approximate surface area is 101 Å². The number of carbonyl (C=O) groups excluding carboxylic acids is 1. The van der Waals surface area contributed by atoms with Crippen LogP contribution in [0, 0.1) is 0 Å². The monoisotopic (exact) mass is 235 g/mol. The van der Waals surface area contributed by atoms with Gasteiger partial charge in [0.25, 0.3) is 5.91 Å². The number of methoxy groups -OCH3 is 1. The molecule has 0 bridgehead atoms. The van der Waals surface area contributed by atoms with Crippen LogP contribution >= 0.6 is 0 Å². The van der Waals surface area contributed by atoms with Gasteiger partial charge in [-0.15, -0.1) is 0 Å². The first-order valence-corrected chi connectivity index (χ1v) is 5.78. The van der Waals surface area contributed by atoms with Crippen molar-refractivity contribution >= 4 is 5.91 Å². The first kappa shape index (κ1) is 11.9. The van der Waals surface area contributed by atoms with Crippen LogP contribution < -0.4 is 10.1 Å². The van der Waals surface area contributed by atoms with Gasteiger partial charge in [0.1, 0.15) is 5.56 Å². The third-order valence-electron chi connectivity index (χ3n) is 3.00. The van der Waals surface area contributed by atoms with Crippen LogP contribution in [0.5, 0.6) is 5.88 Å². The number of carbonyl (C=O) groups is 1. The highest BCUT2D eigenvalue weighted by Gasteiger charge is 2.29. The standard InChI is InChI=1S/C12H17N3O2/c1-3-15(9-7-13-8-9)12(16)10-5-4-6-14-11(10)17-2/h4-6,9,13H,3,7-8H2,1-2H3. The molecule has 1 fully saturated rings. The Morgan fingerprint density at radius 2 is 2.41 bits per heavy atom. The highest BCUT2D eigenvalue weighted by molar-refractivity contribution is 5.96. The molecule has 2 rings (SSSR count). The Kier molecular flexibility index (Phi) is 3.58. The number of hydrogen-bond donors (Lipinski definition) is 1. The third-order valence-corrected chi connectivity index (χ3v) is 3.00. The largest absolute Gasteiger partial charge is 0.480 e. The second kappa shape index (κ2) is 5.14. The molecule has 1 amide bonds. The topological polar surface area (TPSA) is 54.5 Å². The predicted molar refractivity (Wildman–Crippen MR) is 64.2 cm³/mol.